The fourth-order valence-corrected chi connectivity index (χ4v) is 2.10. The minimum absolute atomic E-state index is 0.645. The average Bonchev–Trinajstić information content (AvgIpc) is 2.50. The summed E-state index contributed by atoms with van der Waals surface area (Å²) in [6.07, 6.45) is 3.92. The predicted octanol–water partition coefficient (Wildman–Crippen LogP) is 2.57. The van der Waals surface area contributed by atoms with Gasteiger partial charge in [-0.05, 0) is 43.6 Å². The van der Waals surface area contributed by atoms with Gasteiger partial charge < -0.3 is 5.73 Å². The Kier molecular flexibility index (Phi) is 3.33. The standard InChI is InChI=1S/C11H21N/c1-8(2)9(3)11-5-4-10(6-11)7-12/h8,10-11H,3-7,12H2,1-2H3. The smallest absolute Gasteiger partial charge is 0.00486 e. The van der Waals surface area contributed by atoms with Crippen LogP contribution in [0.15, 0.2) is 12.2 Å². The summed E-state index contributed by atoms with van der Waals surface area (Å²) in [5, 5.41) is 0. The molecule has 70 valence electrons. The van der Waals surface area contributed by atoms with Crippen LogP contribution in [0.2, 0.25) is 0 Å². The van der Waals surface area contributed by atoms with Crippen molar-refractivity contribution in [2.45, 2.75) is 33.1 Å². The fraction of sp³-hybridized carbons (Fsp3) is 0.818. The van der Waals surface area contributed by atoms with Crippen molar-refractivity contribution in [3.63, 3.8) is 0 Å². The highest BCUT2D eigenvalue weighted by Gasteiger charge is 2.26. The number of hydrogen-bond donors (Lipinski definition) is 1. The Hall–Kier alpha value is -0.300. The quantitative estimate of drug-likeness (QED) is 0.642. The van der Waals surface area contributed by atoms with Gasteiger partial charge in [-0.15, -0.1) is 0 Å². The van der Waals surface area contributed by atoms with Crippen LogP contribution in [0.5, 0.6) is 0 Å². The predicted molar refractivity (Wildman–Crippen MR) is 53.9 cm³/mol. The molecule has 0 aromatic rings. The summed E-state index contributed by atoms with van der Waals surface area (Å²) in [4.78, 5) is 0. The van der Waals surface area contributed by atoms with E-state index in [1.165, 1.54) is 24.8 Å². The molecule has 2 atom stereocenters. The van der Waals surface area contributed by atoms with Gasteiger partial charge in [0.05, 0.1) is 0 Å². The van der Waals surface area contributed by atoms with E-state index in [2.05, 4.69) is 20.4 Å². The summed E-state index contributed by atoms with van der Waals surface area (Å²) < 4.78 is 0. The third-order valence-corrected chi connectivity index (χ3v) is 3.14. The lowest BCUT2D eigenvalue weighted by Gasteiger charge is -2.16. The van der Waals surface area contributed by atoms with Crippen molar-refractivity contribution in [3.05, 3.63) is 12.2 Å². The van der Waals surface area contributed by atoms with Crippen LogP contribution in [-0.4, -0.2) is 6.54 Å². The van der Waals surface area contributed by atoms with Gasteiger partial charge in [-0.3, -0.25) is 0 Å². The Balaban J connectivity index is 2.41. The van der Waals surface area contributed by atoms with Crippen molar-refractivity contribution in [1.29, 1.82) is 0 Å². The van der Waals surface area contributed by atoms with Gasteiger partial charge in [0, 0.05) is 0 Å². The first-order valence-electron chi connectivity index (χ1n) is 5.04. The summed E-state index contributed by atoms with van der Waals surface area (Å²) in [7, 11) is 0. The van der Waals surface area contributed by atoms with Crippen LogP contribution in [0, 0.1) is 17.8 Å². The Morgan fingerprint density at radius 3 is 2.58 bits per heavy atom. The molecule has 1 aliphatic rings. The van der Waals surface area contributed by atoms with Crippen molar-refractivity contribution in [2.75, 3.05) is 6.54 Å². The number of rotatable bonds is 3. The minimum atomic E-state index is 0.645. The van der Waals surface area contributed by atoms with Crippen LogP contribution in [0.3, 0.4) is 0 Å². The van der Waals surface area contributed by atoms with Gasteiger partial charge in [-0.2, -0.15) is 0 Å². The largest absolute Gasteiger partial charge is 0.330 e. The van der Waals surface area contributed by atoms with Gasteiger partial charge >= 0.3 is 0 Å². The maximum atomic E-state index is 5.64. The SMILES string of the molecule is C=C(C(C)C)C1CCC(CN)C1. The summed E-state index contributed by atoms with van der Waals surface area (Å²) in [5.74, 6) is 2.18. The molecule has 0 spiro atoms. The second-order valence-corrected chi connectivity index (χ2v) is 4.34. The third-order valence-electron chi connectivity index (χ3n) is 3.14. The normalized spacial score (nSPS) is 29.7. The highest BCUT2D eigenvalue weighted by atomic mass is 14.6. The lowest BCUT2D eigenvalue weighted by atomic mass is 9.89. The molecule has 1 nitrogen and oxygen atoms in total. The molecule has 0 aromatic carbocycles. The van der Waals surface area contributed by atoms with Gasteiger partial charge in [0.25, 0.3) is 0 Å². The Labute approximate surface area is 76.0 Å². The van der Waals surface area contributed by atoms with Gasteiger partial charge in [0.2, 0.25) is 0 Å². The van der Waals surface area contributed by atoms with Crippen LogP contribution >= 0.6 is 0 Å². The molecule has 0 aromatic heterocycles. The molecule has 1 saturated carbocycles. The molecule has 1 aliphatic carbocycles. The lowest BCUT2D eigenvalue weighted by Crippen LogP contribution is -2.12. The summed E-state index contributed by atoms with van der Waals surface area (Å²) in [6.45, 7) is 9.50. The van der Waals surface area contributed by atoms with E-state index in [0.717, 1.165) is 18.4 Å². The monoisotopic (exact) mass is 167 g/mol. The molecule has 2 unspecified atom stereocenters. The van der Waals surface area contributed by atoms with E-state index in [1.54, 1.807) is 0 Å². The second kappa shape index (κ2) is 4.08. The van der Waals surface area contributed by atoms with Gasteiger partial charge in [0.15, 0.2) is 0 Å². The van der Waals surface area contributed by atoms with E-state index in [9.17, 15) is 0 Å². The van der Waals surface area contributed by atoms with Crippen LogP contribution in [0.1, 0.15) is 33.1 Å². The first-order valence-corrected chi connectivity index (χ1v) is 5.04. The molecule has 0 bridgehead atoms. The highest BCUT2D eigenvalue weighted by molar-refractivity contribution is 5.06. The summed E-state index contributed by atoms with van der Waals surface area (Å²) in [6, 6.07) is 0. The second-order valence-electron chi connectivity index (χ2n) is 4.34. The maximum Gasteiger partial charge on any atom is -0.00486 e. The maximum absolute atomic E-state index is 5.64. The number of allylic oxidation sites excluding steroid dienone is 1. The van der Waals surface area contributed by atoms with Crippen LogP contribution < -0.4 is 5.73 Å². The fourth-order valence-electron chi connectivity index (χ4n) is 2.10. The first kappa shape index (κ1) is 9.79. The molecule has 0 saturated heterocycles. The topological polar surface area (TPSA) is 26.0 Å². The molecular formula is C11H21N. The average molecular weight is 167 g/mol. The Morgan fingerprint density at radius 1 is 1.50 bits per heavy atom. The molecule has 0 aliphatic heterocycles. The zero-order valence-electron chi connectivity index (χ0n) is 8.34. The van der Waals surface area contributed by atoms with E-state index in [4.69, 9.17) is 5.73 Å². The van der Waals surface area contributed by atoms with E-state index in [1.807, 2.05) is 0 Å². The van der Waals surface area contributed by atoms with Crippen molar-refractivity contribution in [2.24, 2.45) is 23.5 Å². The zero-order valence-corrected chi connectivity index (χ0v) is 8.34. The zero-order chi connectivity index (χ0) is 9.14. The molecule has 0 radical (unpaired) electrons. The first-order chi connectivity index (χ1) is 5.65. The highest BCUT2D eigenvalue weighted by Crippen LogP contribution is 2.36. The molecule has 2 N–H and O–H groups in total. The van der Waals surface area contributed by atoms with Crippen LogP contribution in [0.25, 0.3) is 0 Å². The molecule has 0 amide bonds. The lowest BCUT2D eigenvalue weighted by molar-refractivity contribution is 0.511. The van der Waals surface area contributed by atoms with Crippen molar-refractivity contribution >= 4 is 0 Å². The molecule has 0 heterocycles. The third kappa shape index (κ3) is 2.10. The molecule has 12 heavy (non-hydrogen) atoms. The van der Waals surface area contributed by atoms with E-state index in [0.29, 0.717) is 5.92 Å². The molecule has 1 rings (SSSR count). The Morgan fingerprint density at radius 2 is 2.17 bits per heavy atom. The van der Waals surface area contributed by atoms with Crippen molar-refractivity contribution < 1.29 is 0 Å². The summed E-state index contributed by atoms with van der Waals surface area (Å²) in [5.41, 5.74) is 7.08. The van der Waals surface area contributed by atoms with E-state index >= 15 is 0 Å². The number of hydrogen-bond acceptors (Lipinski definition) is 1. The molecular weight excluding hydrogens is 146 g/mol. The van der Waals surface area contributed by atoms with E-state index < -0.39 is 0 Å². The Bertz CT molecular complexity index is 160. The summed E-state index contributed by atoms with van der Waals surface area (Å²) >= 11 is 0. The van der Waals surface area contributed by atoms with Gasteiger partial charge in [-0.1, -0.05) is 26.0 Å². The van der Waals surface area contributed by atoms with Crippen molar-refractivity contribution in [1.82, 2.24) is 0 Å². The van der Waals surface area contributed by atoms with Crippen LogP contribution in [0.4, 0.5) is 0 Å². The van der Waals surface area contributed by atoms with Crippen molar-refractivity contribution in [3.8, 4) is 0 Å². The molecule has 1 heteroatoms. The molecule has 1 fully saturated rings. The number of nitrogens with two attached hydrogens (primary N) is 1. The van der Waals surface area contributed by atoms with Gasteiger partial charge in [0.1, 0.15) is 0 Å². The van der Waals surface area contributed by atoms with Crippen LogP contribution in [-0.2, 0) is 0 Å². The van der Waals surface area contributed by atoms with E-state index in [-0.39, 0.29) is 0 Å². The minimum Gasteiger partial charge on any atom is -0.330 e. The van der Waals surface area contributed by atoms with Gasteiger partial charge in [-0.25, -0.2) is 0 Å².